The summed E-state index contributed by atoms with van der Waals surface area (Å²) in [6.07, 6.45) is 2.27. The molecule has 1 aliphatic heterocycles. The minimum absolute atomic E-state index is 0. The van der Waals surface area contributed by atoms with E-state index >= 15 is 0 Å². The normalized spacial score (nSPS) is 19.2. The summed E-state index contributed by atoms with van der Waals surface area (Å²) < 4.78 is 4.91. The van der Waals surface area contributed by atoms with Crippen molar-refractivity contribution < 1.29 is 14.3 Å². The Morgan fingerprint density at radius 1 is 1.50 bits per heavy atom. The van der Waals surface area contributed by atoms with Gasteiger partial charge in [0.15, 0.2) is 5.78 Å². The predicted octanol–water partition coefficient (Wildman–Crippen LogP) is 1.46. The van der Waals surface area contributed by atoms with Crippen molar-refractivity contribution in [1.29, 1.82) is 0 Å². The highest BCUT2D eigenvalue weighted by Crippen LogP contribution is 2.17. The molecule has 1 atom stereocenters. The van der Waals surface area contributed by atoms with Crippen molar-refractivity contribution in [2.75, 3.05) is 19.7 Å². The van der Waals surface area contributed by atoms with E-state index in [0.717, 1.165) is 5.69 Å². The number of pyridine rings is 1. The van der Waals surface area contributed by atoms with Gasteiger partial charge in [0.2, 0.25) is 0 Å². The van der Waals surface area contributed by atoms with Crippen LogP contribution in [0.15, 0.2) is 24.4 Å². The van der Waals surface area contributed by atoms with Gasteiger partial charge >= 0.3 is 5.97 Å². The van der Waals surface area contributed by atoms with Gasteiger partial charge in [-0.1, -0.05) is 6.07 Å². The summed E-state index contributed by atoms with van der Waals surface area (Å²) in [6.45, 7) is 3.72. The summed E-state index contributed by atoms with van der Waals surface area (Å²) in [4.78, 5) is 29.8. The largest absolute Gasteiger partial charge is 0.465 e. The lowest BCUT2D eigenvalue weighted by atomic mass is 9.95. The summed E-state index contributed by atoms with van der Waals surface area (Å²) in [6, 6.07) is 5.72. The van der Waals surface area contributed by atoms with Gasteiger partial charge in [0, 0.05) is 19.3 Å². The highest BCUT2D eigenvalue weighted by atomic mass is 35.5. The Kier molecular flexibility index (Phi) is 6.61. The molecule has 0 amide bonds. The second-order valence-corrected chi connectivity index (χ2v) is 4.59. The molecule has 0 aliphatic carbocycles. The van der Waals surface area contributed by atoms with Crippen LogP contribution in [0.4, 0.5) is 0 Å². The van der Waals surface area contributed by atoms with Crippen molar-refractivity contribution in [2.24, 2.45) is 5.92 Å². The second-order valence-electron chi connectivity index (χ2n) is 4.59. The predicted molar refractivity (Wildman–Crippen MR) is 76.5 cm³/mol. The van der Waals surface area contributed by atoms with Gasteiger partial charge in [-0.3, -0.25) is 19.5 Å². The van der Waals surface area contributed by atoms with Crippen molar-refractivity contribution in [3.63, 3.8) is 0 Å². The third-order valence-electron chi connectivity index (χ3n) is 3.18. The molecule has 0 spiro atoms. The molecule has 0 bridgehead atoms. The van der Waals surface area contributed by atoms with Crippen LogP contribution >= 0.6 is 12.4 Å². The van der Waals surface area contributed by atoms with Crippen LogP contribution in [-0.2, 0) is 20.9 Å². The first-order chi connectivity index (χ1) is 9.20. The van der Waals surface area contributed by atoms with E-state index < -0.39 is 5.92 Å². The molecular weight excluding hydrogens is 280 g/mol. The number of likely N-dealkylation sites (tertiary alicyclic amines) is 1. The molecule has 6 heteroatoms. The maximum atomic E-state index is 11.9. The Hall–Kier alpha value is -1.46. The van der Waals surface area contributed by atoms with E-state index in [4.69, 9.17) is 4.74 Å². The zero-order valence-corrected chi connectivity index (χ0v) is 12.3. The van der Waals surface area contributed by atoms with E-state index in [1.165, 1.54) is 0 Å². The van der Waals surface area contributed by atoms with E-state index in [9.17, 15) is 9.59 Å². The summed E-state index contributed by atoms with van der Waals surface area (Å²) in [5.41, 5.74) is 0.935. The van der Waals surface area contributed by atoms with Crippen molar-refractivity contribution in [2.45, 2.75) is 19.9 Å². The van der Waals surface area contributed by atoms with E-state index in [1.54, 1.807) is 13.1 Å². The van der Waals surface area contributed by atoms with Crippen molar-refractivity contribution >= 4 is 24.2 Å². The molecule has 1 unspecified atom stereocenters. The number of carbonyl (C=O) groups is 2. The van der Waals surface area contributed by atoms with Crippen LogP contribution in [0.25, 0.3) is 0 Å². The van der Waals surface area contributed by atoms with Crippen LogP contribution < -0.4 is 0 Å². The van der Waals surface area contributed by atoms with Gasteiger partial charge in [0.1, 0.15) is 5.92 Å². The monoisotopic (exact) mass is 298 g/mol. The Balaban J connectivity index is 0.00000200. The first kappa shape index (κ1) is 16.6. The smallest absolute Gasteiger partial charge is 0.316 e. The van der Waals surface area contributed by atoms with Crippen LogP contribution in [-0.4, -0.2) is 41.3 Å². The summed E-state index contributed by atoms with van der Waals surface area (Å²) >= 11 is 0. The SMILES string of the molecule is CCOC(=O)C1CCN(Cc2ccccn2)CC1=O.Cl. The molecule has 5 nitrogen and oxygen atoms in total. The molecule has 1 aromatic rings. The number of piperidine rings is 1. The number of nitrogens with zero attached hydrogens (tertiary/aromatic N) is 2. The molecule has 20 heavy (non-hydrogen) atoms. The lowest BCUT2D eigenvalue weighted by Gasteiger charge is -2.29. The molecule has 110 valence electrons. The number of hydrogen-bond acceptors (Lipinski definition) is 5. The number of ketones is 1. The maximum Gasteiger partial charge on any atom is 0.316 e. The van der Waals surface area contributed by atoms with Gasteiger partial charge in [-0.25, -0.2) is 0 Å². The molecular formula is C14H19ClN2O3. The van der Waals surface area contributed by atoms with Crippen LogP contribution in [0, 0.1) is 5.92 Å². The van der Waals surface area contributed by atoms with Crippen molar-refractivity contribution in [3.05, 3.63) is 30.1 Å². The molecule has 2 rings (SSSR count). The van der Waals surface area contributed by atoms with Gasteiger partial charge < -0.3 is 4.74 Å². The molecule has 0 saturated carbocycles. The van der Waals surface area contributed by atoms with Gasteiger partial charge in [-0.05, 0) is 25.5 Å². The Morgan fingerprint density at radius 3 is 2.90 bits per heavy atom. The number of aromatic nitrogens is 1. The van der Waals surface area contributed by atoms with E-state index in [-0.39, 0.29) is 24.2 Å². The first-order valence-electron chi connectivity index (χ1n) is 6.52. The fraction of sp³-hybridized carbons (Fsp3) is 0.500. The van der Waals surface area contributed by atoms with E-state index in [0.29, 0.717) is 32.7 Å². The topological polar surface area (TPSA) is 59.5 Å². The zero-order valence-electron chi connectivity index (χ0n) is 11.4. The van der Waals surface area contributed by atoms with E-state index in [2.05, 4.69) is 4.98 Å². The quantitative estimate of drug-likeness (QED) is 0.622. The lowest BCUT2D eigenvalue weighted by Crippen LogP contribution is -2.43. The molecule has 2 heterocycles. The zero-order chi connectivity index (χ0) is 13.7. The number of ether oxygens (including phenoxy) is 1. The van der Waals surface area contributed by atoms with E-state index in [1.807, 2.05) is 23.1 Å². The van der Waals surface area contributed by atoms with Crippen LogP contribution in [0.3, 0.4) is 0 Å². The third kappa shape index (κ3) is 4.28. The molecule has 1 aliphatic rings. The average Bonchev–Trinajstić information content (AvgIpc) is 2.40. The molecule has 0 N–H and O–H groups in total. The average molecular weight is 299 g/mol. The second kappa shape index (κ2) is 7.97. The molecule has 0 radical (unpaired) electrons. The summed E-state index contributed by atoms with van der Waals surface area (Å²) in [5, 5.41) is 0. The highest BCUT2D eigenvalue weighted by molar-refractivity contribution is 6.00. The number of halogens is 1. The highest BCUT2D eigenvalue weighted by Gasteiger charge is 2.33. The number of Topliss-reactive ketones (excluding diaryl/α,β-unsaturated/α-hetero) is 1. The third-order valence-corrected chi connectivity index (χ3v) is 3.18. The summed E-state index contributed by atoms with van der Waals surface area (Å²) in [5.74, 6) is -1.02. The fourth-order valence-corrected chi connectivity index (χ4v) is 2.23. The van der Waals surface area contributed by atoms with Crippen molar-refractivity contribution in [1.82, 2.24) is 9.88 Å². The molecule has 1 aromatic heterocycles. The Morgan fingerprint density at radius 2 is 2.30 bits per heavy atom. The number of esters is 1. The molecule has 1 saturated heterocycles. The van der Waals surface area contributed by atoms with Crippen LogP contribution in [0.2, 0.25) is 0 Å². The minimum Gasteiger partial charge on any atom is -0.465 e. The van der Waals surface area contributed by atoms with Crippen LogP contribution in [0.1, 0.15) is 19.0 Å². The lowest BCUT2D eigenvalue weighted by molar-refractivity contribution is -0.153. The maximum absolute atomic E-state index is 11.9. The Bertz CT molecular complexity index is 453. The van der Waals surface area contributed by atoms with Crippen molar-refractivity contribution in [3.8, 4) is 0 Å². The van der Waals surface area contributed by atoms with Gasteiger partial charge in [0.25, 0.3) is 0 Å². The van der Waals surface area contributed by atoms with Gasteiger partial charge in [0.05, 0.1) is 18.8 Å². The fourth-order valence-electron chi connectivity index (χ4n) is 2.23. The standard InChI is InChI=1S/C14H18N2O3.ClH/c1-2-19-14(18)12-6-8-16(10-13(12)17)9-11-5-3-4-7-15-11;/h3-5,7,12H,2,6,8-10H2,1H3;1H. The number of hydrogen-bond donors (Lipinski definition) is 0. The Labute approximate surface area is 124 Å². The number of carbonyl (C=O) groups excluding carboxylic acids is 2. The van der Waals surface area contributed by atoms with Gasteiger partial charge in [-0.15, -0.1) is 12.4 Å². The molecule has 1 fully saturated rings. The minimum atomic E-state index is -0.583. The van der Waals surface area contributed by atoms with Crippen LogP contribution in [0.5, 0.6) is 0 Å². The molecule has 0 aromatic carbocycles. The number of rotatable bonds is 4. The summed E-state index contributed by atoms with van der Waals surface area (Å²) in [7, 11) is 0. The van der Waals surface area contributed by atoms with Gasteiger partial charge in [-0.2, -0.15) is 0 Å². The first-order valence-corrected chi connectivity index (χ1v) is 6.52.